The minimum atomic E-state index is -3.00. The van der Waals surface area contributed by atoms with E-state index in [4.69, 9.17) is 0 Å². The maximum atomic E-state index is 12.2. The van der Waals surface area contributed by atoms with Crippen LogP contribution in [0.4, 0.5) is 8.78 Å². The summed E-state index contributed by atoms with van der Waals surface area (Å²) in [4.78, 5) is 22.5. The van der Waals surface area contributed by atoms with E-state index < -0.39 is 18.6 Å². The lowest BCUT2D eigenvalue weighted by atomic mass is 10.1. The largest absolute Gasteiger partial charge is 0.469 e. The number of esters is 2. The van der Waals surface area contributed by atoms with E-state index in [-0.39, 0.29) is 24.2 Å². The molecule has 0 aromatic heterocycles. The minimum Gasteiger partial charge on any atom is -0.469 e. The van der Waals surface area contributed by atoms with Crippen LogP contribution in [0.1, 0.15) is 22.3 Å². The van der Waals surface area contributed by atoms with Gasteiger partial charge in [0, 0.05) is 6.42 Å². The minimum absolute atomic E-state index is 0.0647. The summed E-state index contributed by atoms with van der Waals surface area (Å²) in [6.07, 6.45) is 0.298. The second-order valence-corrected chi connectivity index (χ2v) is 3.81. The number of carbonyl (C=O) groups excluding carboxylic acids is 2. The molecule has 110 valence electrons. The van der Waals surface area contributed by atoms with Gasteiger partial charge in [-0.3, -0.25) is 4.79 Å². The zero-order valence-electron chi connectivity index (χ0n) is 11.0. The van der Waals surface area contributed by atoms with E-state index in [9.17, 15) is 18.4 Å². The Morgan fingerprint density at radius 3 is 2.40 bits per heavy atom. The predicted octanol–water partition coefficient (Wildman–Crippen LogP) is 2.18. The molecule has 0 aliphatic heterocycles. The smallest absolute Gasteiger partial charge is 0.387 e. The van der Waals surface area contributed by atoms with Gasteiger partial charge in [-0.25, -0.2) is 4.79 Å². The van der Waals surface area contributed by atoms with E-state index in [0.29, 0.717) is 5.56 Å². The Bertz CT molecular complexity index is 488. The second-order valence-electron chi connectivity index (χ2n) is 3.81. The van der Waals surface area contributed by atoms with Crippen LogP contribution >= 0.6 is 0 Å². The highest BCUT2D eigenvalue weighted by atomic mass is 19.3. The van der Waals surface area contributed by atoms with Crippen LogP contribution in [0.15, 0.2) is 18.2 Å². The number of aryl methyl sites for hydroxylation is 1. The second kappa shape index (κ2) is 7.42. The van der Waals surface area contributed by atoms with Crippen LogP contribution in [-0.2, 0) is 20.7 Å². The number of rotatable bonds is 6. The molecule has 5 nitrogen and oxygen atoms in total. The Balaban J connectivity index is 2.96. The molecule has 1 aromatic rings. The fourth-order valence-electron chi connectivity index (χ4n) is 1.56. The molecule has 0 amide bonds. The molecule has 0 heterocycles. The molecule has 0 atom stereocenters. The lowest BCUT2D eigenvalue weighted by Gasteiger charge is -2.09. The van der Waals surface area contributed by atoms with Gasteiger partial charge in [-0.1, -0.05) is 0 Å². The molecule has 0 unspecified atom stereocenters. The normalized spacial score (nSPS) is 10.2. The number of alkyl halides is 2. The molecule has 0 saturated heterocycles. The van der Waals surface area contributed by atoms with Crippen LogP contribution in [0.25, 0.3) is 0 Å². The molecule has 0 aliphatic rings. The van der Waals surface area contributed by atoms with Crippen LogP contribution in [0.3, 0.4) is 0 Å². The van der Waals surface area contributed by atoms with Gasteiger partial charge < -0.3 is 14.2 Å². The van der Waals surface area contributed by atoms with Gasteiger partial charge in [0.15, 0.2) is 0 Å². The molecule has 0 saturated carbocycles. The van der Waals surface area contributed by atoms with Gasteiger partial charge in [-0.05, 0) is 30.2 Å². The molecular weight excluding hydrogens is 274 g/mol. The molecular formula is C13H14F2O5. The van der Waals surface area contributed by atoms with Crippen molar-refractivity contribution in [1.82, 2.24) is 0 Å². The van der Waals surface area contributed by atoms with E-state index in [1.807, 2.05) is 0 Å². The maximum Gasteiger partial charge on any atom is 0.387 e. The van der Waals surface area contributed by atoms with Gasteiger partial charge in [-0.15, -0.1) is 0 Å². The first kappa shape index (κ1) is 15.9. The summed E-state index contributed by atoms with van der Waals surface area (Å²) >= 11 is 0. The Labute approximate surface area is 114 Å². The maximum absolute atomic E-state index is 12.2. The van der Waals surface area contributed by atoms with Crippen molar-refractivity contribution in [2.45, 2.75) is 19.5 Å². The fraction of sp³-hybridized carbons (Fsp3) is 0.385. The van der Waals surface area contributed by atoms with Gasteiger partial charge in [0.1, 0.15) is 5.75 Å². The van der Waals surface area contributed by atoms with Crippen molar-refractivity contribution >= 4 is 11.9 Å². The zero-order valence-corrected chi connectivity index (χ0v) is 11.0. The van der Waals surface area contributed by atoms with Crippen molar-refractivity contribution in [2.75, 3.05) is 14.2 Å². The average Bonchev–Trinajstić information content (AvgIpc) is 2.42. The van der Waals surface area contributed by atoms with Crippen LogP contribution in [0, 0.1) is 0 Å². The highest BCUT2D eigenvalue weighted by Gasteiger charge is 2.13. The fourth-order valence-corrected chi connectivity index (χ4v) is 1.56. The van der Waals surface area contributed by atoms with Crippen LogP contribution in [0.2, 0.25) is 0 Å². The molecule has 1 aromatic carbocycles. The molecule has 7 heteroatoms. The molecule has 0 N–H and O–H groups in total. The summed E-state index contributed by atoms with van der Waals surface area (Å²) in [6, 6.07) is 3.94. The van der Waals surface area contributed by atoms with Gasteiger partial charge >= 0.3 is 18.6 Å². The molecule has 1 rings (SSSR count). The zero-order chi connectivity index (χ0) is 15.1. The van der Waals surface area contributed by atoms with Crippen molar-refractivity contribution in [3.05, 3.63) is 29.3 Å². The monoisotopic (exact) mass is 288 g/mol. The average molecular weight is 288 g/mol. The number of halogens is 2. The Hall–Kier alpha value is -2.18. The predicted molar refractivity (Wildman–Crippen MR) is 64.8 cm³/mol. The first-order valence-electron chi connectivity index (χ1n) is 5.70. The van der Waals surface area contributed by atoms with E-state index in [0.717, 1.165) is 6.07 Å². The Morgan fingerprint density at radius 1 is 1.15 bits per heavy atom. The van der Waals surface area contributed by atoms with E-state index in [1.54, 1.807) is 0 Å². The van der Waals surface area contributed by atoms with Gasteiger partial charge in [0.05, 0.1) is 19.8 Å². The quantitative estimate of drug-likeness (QED) is 0.751. The number of ether oxygens (including phenoxy) is 3. The molecule has 0 spiro atoms. The number of hydrogen-bond acceptors (Lipinski definition) is 5. The summed E-state index contributed by atoms with van der Waals surface area (Å²) < 4.78 is 37.7. The highest BCUT2D eigenvalue weighted by Crippen LogP contribution is 2.21. The summed E-state index contributed by atoms with van der Waals surface area (Å²) in [5.41, 5.74) is 0.569. The third-order valence-corrected chi connectivity index (χ3v) is 2.46. The van der Waals surface area contributed by atoms with Gasteiger partial charge in [-0.2, -0.15) is 8.78 Å². The molecule has 0 bridgehead atoms. The standard InChI is InChI=1S/C13H14F2O5/c1-18-11(16)4-3-8-5-9(12(17)19-2)7-10(6-8)20-13(14)15/h5-7,13H,3-4H2,1-2H3. The summed E-state index contributed by atoms with van der Waals surface area (Å²) in [5.74, 6) is -1.28. The lowest BCUT2D eigenvalue weighted by molar-refractivity contribution is -0.140. The summed E-state index contributed by atoms with van der Waals surface area (Å²) in [7, 11) is 2.43. The lowest BCUT2D eigenvalue weighted by Crippen LogP contribution is -2.07. The topological polar surface area (TPSA) is 61.8 Å². The van der Waals surface area contributed by atoms with Gasteiger partial charge in [0.25, 0.3) is 0 Å². The third-order valence-electron chi connectivity index (χ3n) is 2.46. The number of carbonyl (C=O) groups is 2. The van der Waals surface area contributed by atoms with Crippen molar-refractivity contribution in [2.24, 2.45) is 0 Å². The van der Waals surface area contributed by atoms with Crippen LogP contribution in [0.5, 0.6) is 5.75 Å². The Morgan fingerprint density at radius 2 is 1.85 bits per heavy atom. The van der Waals surface area contributed by atoms with Crippen molar-refractivity contribution in [3.63, 3.8) is 0 Å². The molecule has 20 heavy (non-hydrogen) atoms. The third kappa shape index (κ3) is 4.83. The van der Waals surface area contributed by atoms with E-state index in [2.05, 4.69) is 14.2 Å². The number of hydrogen-bond donors (Lipinski definition) is 0. The molecule has 0 radical (unpaired) electrons. The number of benzene rings is 1. The van der Waals surface area contributed by atoms with Crippen molar-refractivity contribution < 1.29 is 32.6 Å². The van der Waals surface area contributed by atoms with Crippen molar-refractivity contribution in [3.8, 4) is 5.75 Å². The van der Waals surface area contributed by atoms with Crippen LogP contribution in [-0.4, -0.2) is 32.8 Å². The van der Waals surface area contributed by atoms with Gasteiger partial charge in [0.2, 0.25) is 0 Å². The highest BCUT2D eigenvalue weighted by molar-refractivity contribution is 5.90. The summed E-state index contributed by atoms with van der Waals surface area (Å²) in [6.45, 7) is -3.00. The first-order valence-corrected chi connectivity index (χ1v) is 5.70. The van der Waals surface area contributed by atoms with E-state index in [1.165, 1.54) is 26.4 Å². The molecule has 0 aliphatic carbocycles. The Kier molecular flexibility index (Phi) is 5.89. The first-order chi connectivity index (χ1) is 9.46. The SMILES string of the molecule is COC(=O)CCc1cc(OC(F)F)cc(C(=O)OC)c1. The van der Waals surface area contributed by atoms with Crippen LogP contribution < -0.4 is 4.74 Å². The van der Waals surface area contributed by atoms with E-state index >= 15 is 0 Å². The number of methoxy groups -OCH3 is 2. The molecule has 0 fully saturated rings. The summed E-state index contributed by atoms with van der Waals surface area (Å²) in [5, 5.41) is 0. The van der Waals surface area contributed by atoms with Crippen molar-refractivity contribution in [1.29, 1.82) is 0 Å².